The number of hydrogen-bond donors (Lipinski definition) is 1. The van der Waals surface area contributed by atoms with Crippen LogP contribution >= 0.6 is 23.2 Å². The predicted molar refractivity (Wildman–Crippen MR) is 159 cm³/mol. The van der Waals surface area contributed by atoms with Gasteiger partial charge in [0.25, 0.3) is 5.91 Å². The smallest absolute Gasteiger partial charge is 0.255 e. The molecule has 42 heavy (non-hydrogen) atoms. The number of sulfonamides is 1. The molecule has 0 radical (unpaired) electrons. The number of para-hydroxylation sites is 1. The number of benzene rings is 3. The first-order chi connectivity index (χ1) is 20.2. The molecule has 4 atom stereocenters. The van der Waals surface area contributed by atoms with Crippen molar-refractivity contribution in [3.63, 3.8) is 0 Å². The lowest BCUT2D eigenvalue weighted by atomic mass is 9.89. The Morgan fingerprint density at radius 1 is 0.952 bits per heavy atom. The number of morpholine rings is 1. The Morgan fingerprint density at radius 3 is 2.29 bits per heavy atom. The number of aliphatic hydroxyl groups is 1. The zero-order valence-electron chi connectivity index (χ0n) is 22.7. The van der Waals surface area contributed by atoms with Crippen molar-refractivity contribution in [3.05, 3.63) is 99.8 Å². The summed E-state index contributed by atoms with van der Waals surface area (Å²) in [6.07, 6.45) is 0.665. The molecule has 3 aromatic carbocycles. The predicted octanol–water partition coefficient (Wildman–Crippen LogP) is 5.91. The van der Waals surface area contributed by atoms with Gasteiger partial charge < -0.3 is 14.7 Å². The number of anilines is 1. The molecule has 0 spiro atoms. The summed E-state index contributed by atoms with van der Waals surface area (Å²) in [6, 6.07) is 18.7. The Labute approximate surface area is 254 Å². The molecule has 2 saturated carbocycles. The van der Waals surface area contributed by atoms with Gasteiger partial charge in [-0.15, -0.1) is 0 Å². The topological polar surface area (TPSA) is 87.2 Å². The van der Waals surface area contributed by atoms with E-state index in [1.54, 1.807) is 41.3 Å². The van der Waals surface area contributed by atoms with Crippen molar-refractivity contribution in [2.45, 2.75) is 55.2 Å². The maximum atomic E-state index is 15.2. The summed E-state index contributed by atoms with van der Waals surface area (Å²) in [4.78, 5) is 15.8. The van der Waals surface area contributed by atoms with Crippen molar-refractivity contribution in [1.29, 1.82) is 0 Å². The van der Waals surface area contributed by atoms with Gasteiger partial charge in [0.05, 0.1) is 36.2 Å². The van der Waals surface area contributed by atoms with Gasteiger partial charge in [-0.3, -0.25) is 9.10 Å². The summed E-state index contributed by atoms with van der Waals surface area (Å²) in [5, 5.41) is 10.7. The maximum absolute atomic E-state index is 15.2. The Hall–Kier alpha value is -2.69. The molecule has 11 heteroatoms. The Bertz CT molecular complexity index is 1570. The minimum absolute atomic E-state index is 0.0233. The molecule has 6 rings (SSSR count). The molecule has 0 bridgehead atoms. The normalized spacial score (nSPS) is 23.6. The van der Waals surface area contributed by atoms with Gasteiger partial charge in [-0.1, -0.05) is 59.6 Å². The molecular weight excluding hydrogens is 602 g/mol. The standard InChI is InChI=1S/C31H31Cl2FN2O5S/c32-22-12-10-20(11-13-22)29-30(21-4-3-5-23(33)16-21)41-28(18-37)31(38)36(29)27(19-8-9-19)17-35(42(39,40)24-14-15-24)26-7-2-1-6-25(26)34/h1-7,10-13,16,19,24,27-30,37H,8-9,14-15,17-18H2/t27-,28+,29-,30+/m1/s1. The first kappa shape index (κ1) is 29.4. The third-order valence-corrected chi connectivity index (χ3v) is 11.0. The van der Waals surface area contributed by atoms with Crippen LogP contribution in [0.1, 0.15) is 49.0 Å². The van der Waals surface area contributed by atoms with Crippen molar-refractivity contribution in [3.8, 4) is 0 Å². The fourth-order valence-electron chi connectivity index (χ4n) is 5.84. The first-order valence-corrected chi connectivity index (χ1v) is 16.3. The molecule has 0 aromatic heterocycles. The highest BCUT2D eigenvalue weighted by atomic mass is 35.5. The summed E-state index contributed by atoms with van der Waals surface area (Å²) in [5.74, 6) is -1.13. The number of amides is 1. The first-order valence-electron chi connectivity index (χ1n) is 14.0. The van der Waals surface area contributed by atoms with Gasteiger partial charge in [-0.05, 0) is 79.1 Å². The number of rotatable bonds is 10. The van der Waals surface area contributed by atoms with Gasteiger partial charge in [0, 0.05) is 10.0 Å². The number of ether oxygens (including phenoxy) is 1. The molecule has 1 N–H and O–H groups in total. The summed E-state index contributed by atoms with van der Waals surface area (Å²) < 4.78 is 50.2. The molecule has 3 aromatic rings. The fraction of sp³-hybridized carbons (Fsp3) is 0.387. The van der Waals surface area contributed by atoms with E-state index in [4.69, 9.17) is 27.9 Å². The lowest BCUT2D eigenvalue weighted by molar-refractivity contribution is -0.184. The van der Waals surface area contributed by atoms with E-state index in [0.717, 1.165) is 22.7 Å². The van der Waals surface area contributed by atoms with E-state index >= 15 is 4.39 Å². The quantitative estimate of drug-likeness (QED) is 0.300. The molecule has 222 valence electrons. The van der Waals surface area contributed by atoms with Crippen LogP contribution in [-0.2, 0) is 19.6 Å². The zero-order valence-corrected chi connectivity index (χ0v) is 25.0. The molecule has 2 aliphatic carbocycles. The minimum Gasteiger partial charge on any atom is -0.393 e. The number of carbonyl (C=O) groups excluding carboxylic acids is 1. The van der Waals surface area contributed by atoms with E-state index < -0.39 is 57.9 Å². The van der Waals surface area contributed by atoms with Gasteiger partial charge in [0.1, 0.15) is 11.9 Å². The van der Waals surface area contributed by atoms with Crippen LogP contribution in [0.3, 0.4) is 0 Å². The number of halogens is 3. The van der Waals surface area contributed by atoms with Crippen LogP contribution in [0.25, 0.3) is 0 Å². The average molecular weight is 634 g/mol. The summed E-state index contributed by atoms with van der Waals surface area (Å²) in [7, 11) is -3.90. The largest absolute Gasteiger partial charge is 0.393 e. The second-order valence-corrected chi connectivity index (χ2v) is 14.2. The third kappa shape index (κ3) is 5.77. The number of aliphatic hydroxyl groups excluding tert-OH is 1. The molecule has 1 heterocycles. The lowest BCUT2D eigenvalue weighted by Crippen LogP contribution is -2.59. The van der Waals surface area contributed by atoms with E-state index in [-0.39, 0.29) is 18.2 Å². The summed E-state index contributed by atoms with van der Waals surface area (Å²) >= 11 is 12.6. The lowest BCUT2D eigenvalue weighted by Gasteiger charge is -2.49. The van der Waals surface area contributed by atoms with Crippen LogP contribution in [0.5, 0.6) is 0 Å². The van der Waals surface area contributed by atoms with E-state index in [2.05, 4.69) is 0 Å². The summed E-state index contributed by atoms with van der Waals surface area (Å²) in [6.45, 7) is -0.685. The SMILES string of the molecule is O=C1[C@H](CO)O[C@@H](c2cccc(Cl)c2)[C@@H](c2ccc(Cl)cc2)N1[C@H](CN(c1ccccc1F)S(=O)(=O)C1CC1)C1CC1. The van der Waals surface area contributed by atoms with Gasteiger partial charge in [0.15, 0.2) is 6.10 Å². The Kier molecular flexibility index (Phi) is 8.24. The molecular formula is C31H31Cl2FN2O5S. The highest BCUT2D eigenvalue weighted by Gasteiger charge is 2.52. The minimum atomic E-state index is -3.90. The van der Waals surface area contributed by atoms with Gasteiger partial charge >= 0.3 is 0 Å². The van der Waals surface area contributed by atoms with Crippen molar-refractivity contribution >= 4 is 44.8 Å². The van der Waals surface area contributed by atoms with E-state index in [0.29, 0.717) is 28.5 Å². The molecule has 3 fully saturated rings. The monoisotopic (exact) mass is 632 g/mol. The van der Waals surface area contributed by atoms with Crippen molar-refractivity contribution < 1.29 is 27.4 Å². The average Bonchev–Trinajstić information content (AvgIpc) is 3.88. The highest BCUT2D eigenvalue weighted by molar-refractivity contribution is 7.93. The van der Waals surface area contributed by atoms with E-state index in [1.807, 2.05) is 18.2 Å². The maximum Gasteiger partial charge on any atom is 0.255 e. The highest BCUT2D eigenvalue weighted by Crippen LogP contribution is 2.48. The van der Waals surface area contributed by atoms with E-state index in [9.17, 15) is 18.3 Å². The molecule has 1 aliphatic heterocycles. The zero-order chi connectivity index (χ0) is 29.6. The fourth-order valence-corrected chi connectivity index (χ4v) is 8.04. The molecule has 7 nitrogen and oxygen atoms in total. The van der Waals surface area contributed by atoms with Crippen LogP contribution in [0.15, 0.2) is 72.8 Å². The third-order valence-electron chi connectivity index (χ3n) is 8.23. The van der Waals surface area contributed by atoms with Crippen LogP contribution in [0.2, 0.25) is 10.0 Å². The van der Waals surface area contributed by atoms with Gasteiger partial charge in [0.2, 0.25) is 10.0 Å². The Morgan fingerprint density at radius 2 is 1.67 bits per heavy atom. The van der Waals surface area contributed by atoms with Crippen LogP contribution < -0.4 is 4.31 Å². The molecule has 0 unspecified atom stereocenters. The van der Waals surface area contributed by atoms with Crippen LogP contribution in [0.4, 0.5) is 10.1 Å². The number of carbonyl (C=O) groups is 1. The van der Waals surface area contributed by atoms with Crippen molar-refractivity contribution in [2.24, 2.45) is 5.92 Å². The van der Waals surface area contributed by atoms with Crippen LogP contribution in [0, 0.1) is 11.7 Å². The molecule has 1 amide bonds. The van der Waals surface area contributed by atoms with Crippen molar-refractivity contribution in [1.82, 2.24) is 4.90 Å². The van der Waals surface area contributed by atoms with Gasteiger partial charge in [-0.25, -0.2) is 12.8 Å². The van der Waals surface area contributed by atoms with E-state index in [1.165, 1.54) is 18.2 Å². The van der Waals surface area contributed by atoms with Gasteiger partial charge in [-0.2, -0.15) is 0 Å². The summed E-state index contributed by atoms with van der Waals surface area (Å²) in [5.41, 5.74) is 1.38. The second-order valence-electron chi connectivity index (χ2n) is 11.2. The second kappa shape index (κ2) is 11.8. The van der Waals surface area contributed by atoms with Crippen molar-refractivity contribution in [2.75, 3.05) is 17.5 Å². The molecule has 1 saturated heterocycles. The number of hydrogen-bond acceptors (Lipinski definition) is 5. The Balaban J connectivity index is 1.49. The number of nitrogens with zero attached hydrogens (tertiary/aromatic N) is 2. The molecule has 3 aliphatic rings. The van der Waals surface area contributed by atoms with Crippen LogP contribution in [-0.4, -0.2) is 54.9 Å².